The summed E-state index contributed by atoms with van der Waals surface area (Å²) in [5.41, 5.74) is 6.20. The van der Waals surface area contributed by atoms with Gasteiger partial charge in [-0.2, -0.15) is 0 Å². The summed E-state index contributed by atoms with van der Waals surface area (Å²) in [5, 5.41) is 2.75. The monoisotopic (exact) mass is 282 g/mol. The highest BCUT2D eigenvalue weighted by Crippen LogP contribution is 2.27. The van der Waals surface area contributed by atoms with E-state index in [4.69, 9.17) is 27.4 Å². The van der Waals surface area contributed by atoms with Crippen LogP contribution in [0.3, 0.4) is 0 Å². The van der Waals surface area contributed by atoms with Gasteiger partial charge in [-0.05, 0) is 17.7 Å². The van der Waals surface area contributed by atoms with Gasteiger partial charge in [-0.1, -0.05) is 18.3 Å². The van der Waals surface area contributed by atoms with Crippen LogP contribution in [0.5, 0.6) is 11.5 Å². The van der Waals surface area contributed by atoms with E-state index in [1.165, 1.54) is 0 Å². The van der Waals surface area contributed by atoms with Gasteiger partial charge in [0.2, 0.25) is 5.91 Å². The van der Waals surface area contributed by atoms with E-state index in [9.17, 15) is 4.79 Å². The van der Waals surface area contributed by atoms with Crippen LogP contribution in [-0.2, 0) is 11.2 Å². The fraction of sp³-hybridized carbons (Fsp3) is 0.385. The molecule has 1 aromatic rings. The molecular formula is C13H18N2O3S. The van der Waals surface area contributed by atoms with Crippen molar-refractivity contribution in [2.24, 2.45) is 5.73 Å². The molecule has 1 rings (SSSR count). The Hall–Kier alpha value is -1.82. The molecule has 0 aliphatic heterocycles. The summed E-state index contributed by atoms with van der Waals surface area (Å²) < 4.78 is 10.3. The van der Waals surface area contributed by atoms with Crippen LogP contribution < -0.4 is 20.5 Å². The SMILES string of the molecule is COc1ccc(CC(=O)NCCC(N)=S)cc1OC. The molecule has 0 aliphatic carbocycles. The van der Waals surface area contributed by atoms with Crippen molar-refractivity contribution in [3.63, 3.8) is 0 Å². The molecule has 1 aromatic carbocycles. The lowest BCUT2D eigenvalue weighted by molar-refractivity contribution is -0.120. The molecule has 0 aliphatic rings. The third kappa shape index (κ3) is 5.13. The van der Waals surface area contributed by atoms with Gasteiger partial charge in [-0.3, -0.25) is 4.79 Å². The van der Waals surface area contributed by atoms with Crippen LogP contribution >= 0.6 is 12.2 Å². The summed E-state index contributed by atoms with van der Waals surface area (Å²) in [7, 11) is 3.13. The molecule has 6 heteroatoms. The minimum absolute atomic E-state index is 0.0801. The van der Waals surface area contributed by atoms with Crippen LogP contribution in [0.2, 0.25) is 0 Å². The molecule has 19 heavy (non-hydrogen) atoms. The molecule has 0 saturated heterocycles. The molecule has 1 amide bonds. The number of hydrogen-bond acceptors (Lipinski definition) is 4. The van der Waals surface area contributed by atoms with Gasteiger partial charge in [0.1, 0.15) is 0 Å². The smallest absolute Gasteiger partial charge is 0.224 e. The highest BCUT2D eigenvalue weighted by Gasteiger charge is 2.08. The van der Waals surface area contributed by atoms with Gasteiger partial charge < -0.3 is 20.5 Å². The Morgan fingerprint density at radius 2 is 2.00 bits per heavy atom. The Bertz CT molecular complexity index is 463. The third-order valence-corrected chi connectivity index (χ3v) is 2.71. The second kappa shape index (κ2) is 7.58. The van der Waals surface area contributed by atoms with E-state index >= 15 is 0 Å². The lowest BCUT2D eigenvalue weighted by Crippen LogP contribution is -2.28. The Morgan fingerprint density at radius 3 is 2.58 bits per heavy atom. The average molecular weight is 282 g/mol. The van der Waals surface area contributed by atoms with Crippen molar-refractivity contribution in [2.75, 3.05) is 20.8 Å². The van der Waals surface area contributed by atoms with E-state index in [0.29, 0.717) is 29.5 Å². The van der Waals surface area contributed by atoms with E-state index in [2.05, 4.69) is 5.32 Å². The van der Waals surface area contributed by atoms with E-state index in [-0.39, 0.29) is 12.3 Å². The first-order valence-corrected chi connectivity index (χ1v) is 6.23. The summed E-state index contributed by atoms with van der Waals surface area (Å²) >= 11 is 4.73. The molecule has 0 aromatic heterocycles. The standard InChI is InChI=1S/C13H18N2O3S/c1-17-10-4-3-9(7-11(10)18-2)8-13(16)15-6-5-12(14)19/h3-4,7H,5-6,8H2,1-2H3,(H2,14,19)(H,15,16). The number of hydrogen-bond donors (Lipinski definition) is 2. The quantitative estimate of drug-likeness (QED) is 0.731. The predicted molar refractivity (Wildman–Crippen MR) is 77.7 cm³/mol. The normalized spacial score (nSPS) is 9.79. The number of carbonyl (C=O) groups excluding carboxylic acids is 1. The summed E-state index contributed by atoms with van der Waals surface area (Å²) in [5.74, 6) is 1.17. The molecule has 0 unspecified atom stereocenters. The molecule has 3 N–H and O–H groups in total. The average Bonchev–Trinajstić information content (AvgIpc) is 2.38. The third-order valence-electron chi connectivity index (χ3n) is 2.51. The first-order chi connectivity index (χ1) is 9.06. The van der Waals surface area contributed by atoms with Crippen LogP contribution in [0.25, 0.3) is 0 Å². The lowest BCUT2D eigenvalue weighted by Gasteiger charge is -2.09. The van der Waals surface area contributed by atoms with Crippen molar-refractivity contribution >= 4 is 23.1 Å². The van der Waals surface area contributed by atoms with E-state index in [0.717, 1.165) is 5.56 Å². The summed E-state index contributed by atoms with van der Waals surface area (Å²) in [4.78, 5) is 12.1. The summed E-state index contributed by atoms with van der Waals surface area (Å²) in [6, 6.07) is 5.39. The zero-order valence-corrected chi connectivity index (χ0v) is 11.9. The number of ether oxygens (including phenoxy) is 2. The first-order valence-electron chi connectivity index (χ1n) is 5.82. The maximum atomic E-state index is 11.7. The number of nitrogens with two attached hydrogens (primary N) is 1. The zero-order valence-electron chi connectivity index (χ0n) is 11.1. The van der Waals surface area contributed by atoms with Crippen LogP contribution in [0, 0.1) is 0 Å². The van der Waals surface area contributed by atoms with Crippen molar-refractivity contribution in [3.05, 3.63) is 23.8 Å². The van der Waals surface area contributed by atoms with Gasteiger partial charge in [0.05, 0.1) is 25.6 Å². The fourth-order valence-electron chi connectivity index (χ4n) is 1.56. The Balaban J connectivity index is 2.57. The van der Waals surface area contributed by atoms with Crippen molar-refractivity contribution < 1.29 is 14.3 Å². The molecule has 104 valence electrons. The second-order valence-corrected chi connectivity index (χ2v) is 4.46. The van der Waals surface area contributed by atoms with Crippen molar-refractivity contribution in [1.29, 1.82) is 0 Å². The largest absolute Gasteiger partial charge is 0.493 e. The van der Waals surface area contributed by atoms with Gasteiger partial charge in [0.15, 0.2) is 11.5 Å². The molecule has 5 nitrogen and oxygen atoms in total. The predicted octanol–water partition coefficient (Wildman–Crippen LogP) is 1.04. The number of nitrogens with one attached hydrogen (secondary N) is 1. The number of carbonyl (C=O) groups is 1. The number of thiocarbonyl (C=S) groups is 1. The number of methoxy groups -OCH3 is 2. The van der Waals surface area contributed by atoms with Gasteiger partial charge in [-0.25, -0.2) is 0 Å². The van der Waals surface area contributed by atoms with E-state index < -0.39 is 0 Å². The van der Waals surface area contributed by atoms with Gasteiger partial charge in [-0.15, -0.1) is 0 Å². The maximum Gasteiger partial charge on any atom is 0.224 e. The molecule has 0 radical (unpaired) electrons. The molecule has 0 fully saturated rings. The summed E-state index contributed by atoms with van der Waals surface area (Å²) in [6.07, 6.45) is 0.782. The van der Waals surface area contributed by atoms with Crippen LogP contribution in [0.1, 0.15) is 12.0 Å². The van der Waals surface area contributed by atoms with Crippen LogP contribution in [0.15, 0.2) is 18.2 Å². The molecule has 0 bridgehead atoms. The highest BCUT2D eigenvalue weighted by molar-refractivity contribution is 7.80. The molecular weight excluding hydrogens is 264 g/mol. The van der Waals surface area contributed by atoms with E-state index in [1.54, 1.807) is 26.4 Å². The Morgan fingerprint density at radius 1 is 1.32 bits per heavy atom. The second-order valence-electron chi connectivity index (χ2n) is 3.93. The minimum Gasteiger partial charge on any atom is -0.493 e. The van der Waals surface area contributed by atoms with Crippen LogP contribution in [0.4, 0.5) is 0 Å². The minimum atomic E-state index is -0.0801. The van der Waals surface area contributed by atoms with Gasteiger partial charge >= 0.3 is 0 Å². The Labute approximate surface area is 118 Å². The van der Waals surface area contributed by atoms with Crippen LogP contribution in [-0.4, -0.2) is 31.7 Å². The lowest BCUT2D eigenvalue weighted by atomic mass is 10.1. The van der Waals surface area contributed by atoms with E-state index in [1.807, 2.05) is 6.07 Å². The highest BCUT2D eigenvalue weighted by atomic mass is 32.1. The number of rotatable bonds is 7. The fourth-order valence-corrected chi connectivity index (χ4v) is 1.67. The number of benzene rings is 1. The maximum absolute atomic E-state index is 11.7. The van der Waals surface area contributed by atoms with Crippen molar-refractivity contribution in [1.82, 2.24) is 5.32 Å². The van der Waals surface area contributed by atoms with Gasteiger partial charge in [0.25, 0.3) is 0 Å². The molecule has 0 spiro atoms. The van der Waals surface area contributed by atoms with Crippen molar-refractivity contribution in [2.45, 2.75) is 12.8 Å². The van der Waals surface area contributed by atoms with Crippen molar-refractivity contribution in [3.8, 4) is 11.5 Å². The molecule has 0 saturated carbocycles. The van der Waals surface area contributed by atoms with Gasteiger partial charge in [0, 0.05) is 13.0 Å². The topological polar surface area (TPSA) is 73.6 Å². The number of amides is 1. The Kier molecular flexibility index (Phi) is 6.08. The zero-order chi connectivity index (χ0) is 14.3. The summed E-state index contributed by atoms with van der Waals surface area (Å²) in [6.45, 7) is 0.460. The molecule has 0 atom stereocenters. The first kappa shape index (κ1) is 15.2. The molecule has 0 heterocycles.